The van der Waals surface area contributed by atoms with E-state index in [1.807, 2.05) is 0 Å². The molecule has 0 saturated carbocycles. The SMILES string of the molecule is C[C@@H](NC(=O)c1ccc(S(=O)(=O)N2CCNC(=O)C2)cc1)C(=O)O. The molecular weight excluding hydrogens is 338 g/mol. The average molecular weight is 355 g/mol. The third-order valence-electron chi connectivity index (χ3n) is 3.48. The van der Waals surface area contributed by atoms with Crippen LogP contribution in [-0.2, 0) is 19.6 Å². The van der Waals surface area contributed by atoms with E-state index < -0.39 is 27.9 Å². The molecule has 0 spiro atoms. The number of sulfonamides is 1. The fourth-order valence-electron chi connectivity index (χ4n) is 2.09. The number of rotatable bonds is 5. The summed E-state index contributed by atoms with van der Waals surface area (Å²) in [4.78, 5) is 33.9. The molecule has 1 saturated heterocycles. The largest absolute Gasteiger partial charge is 0.480 e. The molecule has 24 heavy (non-hydrogen) atoms. The summed E-state index contributed by atoms with van der Waals surface area (Å²) in [5.74, 6) is -2.17. The summed E-state index contributed by atoms with van der Waals surface area (Å²) in [6.45, 7) is 1.49. The van der Waals surface area contributed by atoms with Crippen LogP contribution in [0.25, 0.3) is 0 Å². The number of aliphatic carboxylic acids is 1. The second kappa shape index (κ2) is 6.97. The Kier molecular flexibility index (Phi) is 5.20. The van der Waals surface area contributed by atoms with E-state index in [0.717, 1.165) is 4.31 Å². The van der Waals surface area contributed by atoms with Crippen LogP contribution < -0.4 is 10.6 Å². The second-order valence-electron chi connectivity index (χ2n) is 5.25. The minimum absolute atomic E-state index is 0.0416. The minimum atomic E-state index is -3.83. The summed E-state index contributed by atoms with van der Waals surface area (Å²) < 4.78 is 26.0. The Morgan fingerprint density at radius 1 is 1.29 bits per heavy atom. The Morgan fingerprint density at radius 3 is 2.46 bits per heavy atom. The zero-order valence-corrected chi connectivity index (χ0v) is 13.7. The van der Waals surface area contributed by atoms with Gasteiger partial charge in [-0.1, -0.05) is 0 Å². The lowest BCUT2D eigenvalue weighted by molar-refractivity contribution is -0.138. The highest BCUT2D eigenvalue weighted by atomic mass is 32.2. The van der Waals surface area contributed by atoms with E-state index in [-0.39, 0.29) is 36.0 Å². The molecule has 1 heterocycles. The Balaban J connectivity index is 2.15. The highest BCUT2D eigenvalue weighted by Gasteiger charge is 2.29. The van der Waals surface area contributed by atoms with E-state index in [9.17, 15) is 22.8 Å². The molecule has 0 aliphatic carbocycles. The highest BCUT2D eigenvalue weighted by Crippen LogP contribution is 2.17. The van der Waals surface area contributed by atoms with Crippen LogP contribution in [0.4, 0.5) is 0 Å². The molecule has 10 heteroatoms. The van der Waals surface area contributed by atoms with Gasteiger partial charge in [0.1, 0.15) is 6.04 Å². The summed E-state index contributed by atoms with van der Waals surface area (Å²) in [6.07, 6.45) is 0. The quantitative estimate of drug-likeness (QED) is 0.621. The monoisotopic (exact) mass is 355 g/mol. The smallest absolute Gasteiger partial charge is 0.325 e. The standard InChI is InChI=1S/C14H17N3O6S/c1-9(14(20)21)16-13(19)10-2-4-11(5-3-10)24(22,23)17-7-6-15-12(18)8-17/h2-5,9H,6-8H2,1H3,(H,15,18)(H,16,19)(H,20,21)/t9-/m1/s1. The number of amides is 2. The molecule has 1 aliphatic heterocycles. The van der Waals surface area contributed by atoms with Crippen LogP contribution in [0.1, 0.15) is 17.3 Å². The summed E-state index contributed by atoms with van der Waals surface area (Å²) in [5.41, 5.74) is 0.137. The average Bonchev–Trinajstić information content (AvgIpc) is 2.54. The Bertz CT molecular complexity index is 759. The van der Waals surface area contributed by atoms with Crippen molar-refractivity contribution in [2.24, 2.45) is 0 Å². The number of carboxylic acids is 1. The topological polar surface area (TPSA) is 133 Å². The summed E-state index contributed by atoms with van der Waals surface area (Å²) in [5, 5.41) is 13.6. The van der Waals surface area contributed by atoms with Gasteiger partial charge in [-0.05, 0) is 31.2 Å². The van der Waals surface area contributed by atoms with Crippen molar-refractivity contribution in [3.05, 3.63) is 29.8 Å². The summed E-state index contributed by atoms with van der Waals surface area (Å²) in [6, 6.07) is 4.03. The number of benzene rings is 1. The lowest BCUT2D eigenvalue weighted by atomic mass is 10.2. The van der Waals surface area contributed by atoms with Gasteiger partial charge in [-0.3, -0.25) is 14.4 Å². The molecule has 1 aromatic carbocycles. The van der Waals surface area contributed by atoms with Gasteiger partial charge in [-0.2, -0.15) is 4.31 Å². The minimum Gasteiger partial charge on any atom is -0.480 e. The molecule has 9 nitrogen and oxygen atoms in total. The van der Waals surface area contributed by atoms with Crippen molar-refractivity contribution in [1.82, 2.24) is 14.9 Å². The van der Waals surface area contributed by atoms with Gasteiger partial charge in [0.25, 0.3) is 5.91 Å². The molecule has 2 rings (SSSR count). The highest BCUT2D eigenvalue weighted by molar-refractivity contribution is 7.89. The lowest BCUT2D eigenvalue weighted by Crippen LogP contribution is -2.49. The van der Waals surface area contributed by atoms with Gasteiger partial charge in [0.2, 0.25) is 15.9 Å². The van der Waals surface area contributed by atoms with Crippen LogP contribution in [0.3, 0.4) is 0 Å². The van der Waals surface area contributed by atoms with Crippen LogP contribution in [0.5, 0.6) is 0 Å². The summed E-state index contributed by atoms with van der Waals surface area (Å²) in [7, 11) is -3.83. The van der Waals surface area contributed by atoms with Crippen molar-refractivity contribution >= 4 is 27.8 Å². The number of nitrogens with one attached hydrogen (secondary N) is 2. The molecule has 130 valence electrons. The predicted molar refractivity (Wildman–Crippen MR) is 82.8 cm³/mol. The molecule has 0 radical (unpaired) electrons. The number of piperazine rings is 1. The van der Waals surface area contributed by atoms with Crippen LogP contribution in [0.2, 0.25) is 0 Å². The van der Waals surface area contributed by atoms with Crippen LogP contribution >= 0.6 is 0 Å². The molecule has 1 fully saturated rings. The molecular formula is C14H17N3O6S. The number of hydrogen-bond donors (Lipinski definition) is 3. The van der Waals surface area contributed by atoms with E-state index in [1.54, 1.807) is 0 Å². The van der Waals surface area contributed by atoms with Gasteiger partial charge < -0.3 is 15.7 Å². The molecule has 0 bridgehead atoms. The molecule has 1 aromatic rings. The fourth-order valence-corrected chi connectivity index (χ4v) is 3.49. The van der Waals surface area contributed by atoms with Crippen LogP contribution in [0, 0.1) is 0 Å². The van der Waals surface area contributed by atoms with E-state index >= 15 is 0 Å². The maximum Gasteiger partial charge on any atom is 0.325 e. The summed E-state index contributed by atoms with van der Waals surface area (Å²) >= 11 is 0. The number of nitrogens with zero attached hydrogens (tertiary/aromatic N) is 1. The van der Waals surface area contributed by atoms with Crippen LogP contribution in [0.15, 0.2) is 29.2 Å². The number of hydrogen-bond acceptors (Lipinski definition) is 5. The van der Waals surface area contributed by atoms with E-state index in [4.69, 9.17) is 5.11 Å². The maximum atomic E-state index is 12.4. The van der Waals surface area contributed by atoms with E-state index in [0.29, 0.717) is 0 Å². The molecule has 0 unspecified atom stereocenters. The lowest BCUT2D eigenvalue weighted by Gasteiger charge is -2.25. The third-order valence-corrected chi connectivity index (χ3v) is 5.34. The molecule has 2 amide bonds. The molecule has 1 aliphatic rings. The van der Waals surface area contributed by atoms with Crippen molar-refractivity contribution in [2.75, 3.05) is 19.6 Å². The van der Waals surface area contributed by atoms with E-state index in [1.165, 1.54) is 31.2 Å². The predicted octanol–water partition coefficient (Wildman–Crippen LogP) is -0.990. The number of carbonyl (C=O) groups is 3. The van der Waals surface area contributed by atoms with E-state index in [2.05, 4.69) is 10.6 Å². The second-order valence-corrected chi connectivity index (χ2v) is 7.18. The van der Waals surface area contributed by atoms with Crippen molar-refractivity contribution in [1.29, 1.82) is 0 Å². The van der Waals surface area contributed by atoms with Crippen molar-refractivity contribution < 1.29 is 27.9 Å². The first kappa shape index (κ1) is 17.9. The zero-order chi connectivity index (χ0) is 17.9. The van der Waals surface area contributed by atoms with Crippen molar-refractivity contribution in [3.8, 4) is 0 Å². The Hall–Kier alpha value is -2.46. The molecule has 3 N–H and O–H groups in total. The van der Waals surface area contributed by atoms with Gasteiger partial charge in [-0.15, -0.1) is 0 Å². The van der Waals surface area contributed by atoms with Gasteiger partial charge in [-0.25, -0.2) is 8.42 Å². The number of carbonyl (C=O) groups excluding carboxylic acids is 2. The zero-order valence-electron chi connectivity index (χ0n) is 12.9. The number of carboxylic acid groups (broad SMARTS) is 1. The first-order chi connectivity index (χ1) is 11.2. The Labute approximate surface area is 138 Å². The maximum absolute atomic E-state index is 12.4. The first-order valence-corrected chi connectivity index (χ1v) is 8.56. The molecule has 1 atom stereocenters. The third kappa shape index (κ3) is 3.89. The normalized spacial score (nSPS) is 17.0. The first-order valence-electron chi connectivity index (χ1n) is 7.12. The van der Waals surface area contributed by atoms with Gasteiger partial charge in [0, 0.05) is 18.7 Å². The van der Waals surface area contributed by atoms with Gasteiger partial charge in [0.05, 0.1) is 11.4 Å². The van der Waals surface area contributed by atoms with Crippen molar-refractivity contribution in [3.63, 3.8) is 0 Å². The van der Waals surface area contributed by atoms with Gasteiger partial charge >= 0.3 is 5.97 Å². The van der Waals surface area contributed by atoms with Crippen LogP contribution in [-0.4, -0.2) is 61.3 Å². The fraction of sp³-hybridized carbons (Fsp3) is 0.357. The molecule has 0 aromatic heterocycles. The van der Waals surface area contributed by atoms with Gasteiger partial charge in [0.15, 0.2) is 0 Å². The Morgan fingerprint density at radius 2 is 1.92 bits per heavy atom. The van der Waals surface area contributed by atoms with Crippen molar-refractivity contribution in [2.45, 2.75) is 17.9 Å².